The van der Waals surface area contributed by atoms with Gasteiger partial charge in [0, 0.05) is 42.4 Å². The standard InChI is InChI=1S/C12H18N2OS/c1-15-12-3-2-11(13)8-10(12)9-14-4-6-16-7-5-14/h2-3,8H,4-7,9,13H2,1H3. The largest absolute Gasteiger partial charge is 0.496 e. The molecule has 1 aliphatic rings. The Morgan fingerprint density at radius 2 is 2.12 bits per heavy atom. The number of nitrogens with zero attached hydrogens (tertiary/aromatic N) is 1. The molecule has 1 aliphatic heterocycles. The van der Waals surface area contributed by atoms with Gasteiger partial charge in [-0.3, -0.25) is 4.90 Å². The normalized spacial score (nSPS) is 17.3. The van der Waals surface area contributed by atoms with Gasteiger partial charge in [-0.1, -0.05) is 0 Å². The molecule has 2 rings (SSSR count). The molecule has 0 unspecified atom stereocenters. The van der Waals surface area contributed by atoms with Gasteiger partial charge < -0.3 is 10.5 Å². The van der Waals surface area contributed by atoms with E-state index >= 15 is 0 Å². The number of hydrogen-bond donors (Lipinski definition) is 1. The molecule has 1 heterocycles. The fraction of sp³-hybridized carbons (Fsp3) is 0.500. The molecule has 1 aromatic carbocycles. The molecule has 0 spiro atoms. The zero-order chi connectivity index (χ0) is 11.4. The molecule has 3 nitrogen and oxygen atoms in total. The van der Waals surface area contributed by atoms with E-state index in [0.717, 1.165) is 31.1 Å². The minimum Gasteiger partial charge on any atom is -0.496 e. The molecule has 0 radical (unpaired) electrons. The first-order valence-corrected chi connectivity index (χ1v) is 6.67. The van der Waals surface area contributed by atoms with Gasteiger partial charge in [0.2, 0.25) is 0 Å². The Balaban J connectivity index is 2.09. The Hall–Kier alpha value is -0.870. The maximum atomic E-state index is 5.81. The summed E-state index contributed by atoms with van der Waals surface area (Å²) < 4.78 is 5.35. The van der Waals surface area contributed by atoms with Crippen LogP contribution in [0.1, 0.15) is 5.56 Å². The highest BCUT2D eigenvalue weighted by atomic mass is 32.2. The van der Waals surface area contributed by atoms with Crippen molar-refractivity contribution in [3.8, 4) is 5.75 Å². The van der Waals surface area contributed by atoms with E-state index in [1.165, 1.54) is 17.1 Å². The number of methoxy groups -OCH3 is 1. The van der Waals surface area contributed by atoms with Gasteiger partial charge in [0.25, 0.3) is 0 Å². The van der Waals surface area contributed by atoms with Crippen LogP contribution in [0, 0.1) is 0 Å². The highest BCUT2D eigenvalue weighted by Gasteiger charge is 2.13. The maximum absolute atomic E-state index is 5.81. The topological polar surface area (TPSA) is 38.5 Å². The number of thioether (sulfide) groups is 1. The lowest BCUT2D eigenvalue weighted by molar-refractivity contribution is 0.288. The van der Waals surface area contributed by atoms with Gasteiger partial charge in [-0.05, 0) is 18.2 Å². The van der Waals surface area contributed by atoms with E-state index in [2.05, 4.69) is 4.90 Å². The molecule has 0 aliphatic carbocycles. The third-order valence-corrected chi connectivity index (χ3v) is 3.74. The summed E-state index contributed by atoms with van der Waals surface area (Å²) in [7, 11) is 1.71. The van der Waals surface area contributed by atoms with Crippen LogP contribution in [0.5, 0.6) is 5.75 Å². The lowest BCUT2D eigenvalue weighted by atomic mass is 10.1. The Morgan fingerprint density at radius 1 is 1.38 bits per heavy atom. The second-order valence-corrected chi connectivity index (χ2v) is 5.18. The first-order chi connectivity index (χ1) is 7.79. The van der Waals surface area contributed by atoms with Crippen LogP contribution in [0.3, 0.4) is 0 Å². The number of nitrogens with two attached hydrogens (primary N) is 1. The first kappa shape index (κ1) is 11.6. The van der Waals surface area contributed by atoms with Gasteiger partial charge in [0.1, 0.15) is 5.75 Å². The molecule has 0 aromatic heterocycles. The van der Waals surface area contributed by atoms with Crippen molar-refractivity contribution >= 4 is 17.4 Å². The van der Waals surface area contributed by atoms with Gasteiger partial charge in [-0.25, -0.2) is 0 Å². The van der Waals surface area contributed by atoms with E-state index in [9.17, 15) is 0 Å². The van der Waals surface area contributed by atoms with E-state index in [4.69, 9.17) is 10.5 Å². The van der Waals surface area contributed by atoms with E-state index in [1.807, 2.05) is 30.0 Å². The summed E-state index contributed by atoms with van der Waals surface area (Å²) in [5, 5.41) is 0. The Bertz CT molecular complexity index is 351. The second-order valence-electron chi connectivity index (χ2n) is 3.96. The van der Waals surface area contributed by atoms with E-state index < -0.39 is 0 Å². The van der Waals surface area contributed by atoms with Crippen molar-refractivity contribution < 1.29 is 4.74 Å². The lowest BCUT2D eigenvalue weighted by Gasteiger charge is -2.26. The van der Waals surface area contributed by atoms with Crippen molar-refractivity contribution in [1.29, 1.82) is 0 Å². The summed E-state index contributed by atoms with van der Waals surface area (Å²) in [6.45, 7) is 3.25. The summed E-state index contributed by atoms with van der Waals surface area (Å²) in [4.78, 5) is 2.45. The molecular formula is C12H18N2OS. The van der Waals surface area contributed by atoms with Crippen LogP contribution >= 0.6 is 11.8 Å². The number of nitrogen functional groups attached to an aromatic ring is 1. The molecule has 0 saturated carbocycles. The molecule has 1 saturated heterocycles. The van der Waals surface area contributed by atoms with Crippen molar-refractivity contribution in [1.82, 2.24) is 4.90 Å². The molecule has 0 bridgehead atoms. The Kier molecular flexibility index (Phi) is 3.96. The summed E-state index contributed by atoms with van der Waals surface area (Å²) in [6.07, 6.45) is 0. The van der Waals surface area contributed by atoms with Crippen molar-refractivity contribution in [2.24, 2.45) is 0 Å². The third-order valence-electron chi connectivity index (χ3n) is 2.80. The van der Waals surface area contributed by atoms with Crippen LogP contribution in [0.15, 0.2) is 18.2 Å². The van der Waals surface area contributed by atoms with E-state index in [-0.39, 0.29) is 0 Å². The highest BCUT2D eigenvalue weighted by Crippen LogP contribution is 2.23. The fourth-order valence-corrected chi connectivity index (χ4v) is 2.90. The zero-order valence-electron chi connectivity index (χ0n) is 9.61. The van der Waals surface area contributed by atoms with Crippen LogP contribution in [0.25, 0.3) is 0 Å². The molecule has 0 amide bonds. The van der Waals surface area contributed by atoms with E-state index in [0.29, 0.717) is 0 Å². The number of ether oxygens (including phenoxy) is 1. The van der Waals surface area contributed by atoms with Gasteiger partial charge >= 0.3 is 0 Å². The summed E-state index contributed by atoms with van der Waals surface area (Å²) in [6, 6.07) is 5.85. The van der Waals surface area contributed by atoms with Crippen LogP contribution in [-0.2, 0) is 6.54 Å². The lowest BCUT2D eigenvalue weighted by Crippen LogP contribution is -2.32. The summed E-state index contributed by atoms with van der Waals surface area (Å²) in [5.41, 5.74) is 7.81. The van der Waals surface area contributed by atoms with Gasteiger partial charge in [0.15, 0.2) is 0 Å². The SMILES string of the molecule is COc1ccc(N)cc1CN1CCSCC1. The predicted molar refractivity (Wildman–Crippen MR) is 70.0 cm³/mol. The highest BCUT2D eigenvalue weighted by molar-refractivity contribution is 7.99. The molecule has 0 atom stereocenters. The smallest absolute Gasteiger partial charge is 0.123 e. The molecule has 16 heavy (non-hydrogen) atoms. The van der Waals surface area contributed by atoms with Gasteiger partial charge in [0.05, 0.1) is 7.11 Å². The zero-order valence-corrected chi connectivity index (χ0v) is 10.4. The quantitative estimate of drug-likeness (QED) is 0.815. The molecule has 2 N–H and O–H groups in total. The van der Waals surface area contributed by atoms with E-state index in [1.54, 1.807) is 7.11 Å². The molecule has 4 heteroatoms. The number of benzene rings is 1. The molecule has 1 aromatic rings. The molecular weight excluding hydrogens is 220 g/mol. The van der Waals surface area contributed by atoms with Crippen LogP contribution in [0.2, 0.25) is 0 Å². The first-order valence-electron chi connectivity index (χ1n) is 5.52. The second kappa shape index (κ2) is 5.46. The minimum atomic E-state index is 0.808. The maximum Gasteiger partial charge on any atom is 0.123 e. The van der Waals surface area contributed by atoms with Crippen LogP contribution in [0.4, 0.5) is 5.69 Å². The summed E-state index contributed by atoms with van der Waals surface area (Å²) in [5.74, 6) is 3.39. The van der Waals surface area contributed by atoms with Crippen molar-refractivity contribution in [3.05, 3.63) is 23.8 Å². The van der Waals surface area contributed by atoms with Crippen LogP contribution < -0.4 is 10.5 Å². The predicted octanol–water partition coefficient (Wildman–Crippen LogP) is 1.83. The van der Waals surface area contributed by atoms with Gasteiger partial charge in [-0.2, -0.15) is 11.8 Å². The molecule has 1 fully saturated rings. The monoisotopic (exact) mass is 238 g/mol. The Labute approximate surface area is 101 Å². The van der Waals surface area contributed by atoms with Gasteiger partial charge in [-0.15, -0.1) is 0 Å². The van der Waals surface area contributed by atoms with Crippen molar-refractivity contribution in [3.63, 3.8) is 0 Å². The third kappa shape index (κ3) is 2.83. The number of rotatable bonds is 3. The average Bonchev–Trinajstić information content (AvgIpc) is 2.31. The minimum absolute atomic E-state index is 0.808. The number of hydrogen-bond acceptors (Lipinski definition) is 4. The molecule has 88 valence electrons. The fourth-order valence-electron chi connectivity index (χ4n) is 1.92. The average molecular weight is 238 g/mol. The van der Waals surface area contributed by atoms with Crippen LogP contribution in [-0.4, -0.2) is 36.6 Å². The summed E-state index contributed by atoms with van der Waals surface area (Å²) >= 11 is 2.02. The Morgan fingerprint density at radius 3 is 2.81 bits per heavy atom. The van der Waals surface area contributed by atoms with Crippen molar-refractivity contribution in [2.75, 3.05) is 37.4 Å². The van der Waals surface area contributed by atoms with Crippen molar-refractivity contribution in [2.45, 2.75) is 6.54 Å². The number of anilines is 1.